The fraction of sp³-hybridized carbons (Fsp3) is 1.00. The van der Waals surface area contributed by atoms with Crippen molar-refractivity contribution >= 4 is 0 Å². The van der Waals surface area contributed by atoms with Crippen molar-refractivity contribution in [1.82, 2.24) is 10.2 Å². The molecule has 2 fully saturated rings. The molecule has 124 valence electrons. The number of hydrogen-bond acceptors (Lipinski definition) is 5. The highest BCUT2D eigenvalue weighted by atomic mass is 16.5. The highest BCUT2D eigenvalue weighted by Gasteiger charge is 2.37. The molecule has 2 heterocycles. The van der Waals surface area contributed by atoms with Crippen LogP contribution >= 0.6 is 0 Å². The molecule has 5 heteroatoms. The number of nitrogens with zero attached hydrogens (tertiary/aromatic N) is 1. The van der Waals surface area contributed by atoms with Crippen molar-refractivity contribution in [2.24, 2.45) is 5.41 Å². The van der Waals surface area contributed by atoms with Crippen LogP contribution in [0.2, 0.25) is 0 Å². The van der Waals surface area contributed by atoms with Gasteiger partial charge < -0.3 is 19.9 Å². The topological polar surface area (TPSA) is 54.0 Å². The van der Waals surface area contributed by atoms with Gasteiger partial charge in [-0.15, -0.1) is 0 Å². The van der Waals surface area contributed by atoms with E-state index in [1.165, 1.54) is 6.42 Å². The van der Waals surface area contributed by atoms with Crippen molar-refractivity contribution in [3.8, 4) is 0 Å². The van der Waals surface area contributed by atoms with E-state index in [-0.39, 0.29) is 24.2 Å². The number of morpholine rings is 1. The minimum Gasteiger partial charge on any atom is -0.394 e. The highest BCUT2D eigenvalue weighted by molar-refractivity contribution is 4.90. The monoisotopic (exact) mass is 300 g/mol. The first-order valence-corrected chi connectivity index (χ1v) is 8.33. The van der Waals surface area contributed by atoms with E-state index >= 15 is 0 Å². The molecule has 0 aromatic rings. The summed E-state index contributed by atoms with van der Waals surface area (Å²) in [5, 5.41) is 13.0. The number of nitrogens with one attached hydrogen (secondary N) is 1. The summed E-state index contributed by atoms with van der Waals surface area (Å²) >= 11 is 0. The van der Waals surface area contributed by atoms with Gasteiger partial charge in [0.05, 0.1) is 25.4 Å². The van der Waals surface area contributed by atoms with E-state index in [0.29, 0.717) is 6.04 Å². The summed E-state index contributed by atoms with van der Waals surface area (Å²) in [6.45, 7) is 12.1. The molecule has 5 nitrogen and oxygen atoms in total. The van der Waals surface area contributed by atoms with Gasteiger partial charge in [0, 0.05) is 44.2 Å². The number of ether oxygens (including phenoxy) is 2. The summed E-state index contributed by atoms with van der Waals surface area (Å²) in [4.78, 5) is 2.45. The molecule has 2 N–H and O–H groups in total. The van der Waals surface area contributed by atoms with Crippen LogP contribution in [0.1, 0.15) is 33.6 Å². The number of hydrogen-bond donors (Lipinski definition) is 2. The van der Waals surface area contributed by atoms with Crippen molar-refractivity contribution in [3.05, 3.63) is 0 Å². The maximum atomic E-state index is 9.38. The predicted molar refractivity (Wildman–Crippen MR) is 83.5 cm³/mol. The van der Waals surface area contributed by atoms with Crippen LogP contribution in [-0.4, -0.2) is 74.3 Å². The van der Waals surface area contributed by atoms with Gasteiger partial charge >= 0.3 is 0 Å². The third-order valence-electron chi connectivity index (χ3n) is 4.45. The van der Waals surface area contributed by atoms with Gasteiger partial charge in [0.2, 0.25) is 0 Å². The number of aliphatic hydroxyl groups is 1. The second-order valence-corrected chi connectivity index (χ2v) is 7.14. The van der Waals surface area contributed by atoms with Crippen LogP contribution in [0.15, 0.2) is 0 Å². The molecule has 21 heavy (non-hydrogen) atoms. The molecule has 2 aliphatic rings. The molecule has 0 aliphatic carbocycles. The lowest BCUT2D eigenvalue weighted by Crippen LogP contribution is -2.55. The molecule has 0 amide bonds. The molecule has 2 rings (SSSR count). The van der Waals surface area contributed by atoms with Gasteiger partial charge in [0.25, 0.3) is 0 Å². The summed E-state index contributed by atoms with van der Waals surface area (Å²) in [6.07, 6.45) is 2.50. The summed E-state index contributed by atoms with van der Waals surface area (Å²) in [6, 6.07) is 0.498. The molecule has 0 aromatic carbocycles. The van der Waals surface area contributed by atoms with Gasteiger partial charge in [-0.25, -0.2) is 0 Å². The van der Waals surface area contributed by atoms with E-state index in [9.17, 15) is 5.11 Å². The van der Waals surface area contributed by atoms with E-state index in [1.807, 2.05) is 0 Å². The standard InChI is InChI=1S/C16H32N2O3/c1-13(2)17-10-16(5-4-6-20-12-16)11-18-7-14(3)21-15(8-18)9-19/h13-15,17,19H,4-12H2,1-3H3. The largest absolute Gasteiger partial charge is 0.394 e. The minimum atomic E-state index is -0.0478. The number of aliphatic hydroxyl groups excluding tert-OH is 1. The molecule has 0 spiro atoms. The Morgan fingerprint density at radius 3 is 2.81 bits per heavy atom. The first-order chi connectivity index (χ1) is 10.0. The maximum absolute atomic E-state index is 9.38. The zero-order valence-electron chi connectivity index (χ0n) is 13.8. The lowest BCUT2D eigenvalue weighted by molar-refractivity contribution is -0.112. The summed E-state index contributed by atoms with van der Waals surface area (Å²) in [5.74, 6) is 0. The molecule has 0 bridgehead atoms. The van der Waals surface area contributed by atoms with E-state index < -0.39 is 0 Å². The summed E-state index contributed by atoms with van der Waals surface area (Å²) in [7, 11) is 0. The maximum Gasteiger partial charge on any atom is 0.0936 e. The van der Waals surface area contributed by atoms with Crippen molar-refractivity contribution in [3.63, 3.8) is 0 Å². The smallest absolute Gasteiger partial charge is 0.0936 e. The average molecular weight is 300 g/mol. The van der Waals surface area contributed by atoms with Crippen molar-refractivity contribution in [2.45, 2.75) is 51.9 Å². The van der Waals surface area contributed by atoms with Crippen LogP contribution in [0.25, 0.3) is 0 Å². The molecular weight excluding hydrogens is 268 g/mol. The van der Waals surface area contributed by atoms with E-state index in [0.717, 1.165) is 45.8 Å². The van der Waals surface area contributed by atoms with Crippen molar-refractivity contribution in [2.75, 3.05) is 46.0 Å². The van der Waals surface area contributed by atoms with Crippen molar-refractivity contribution in [1.29, 1.82) is 0 Å². The molecule has 2 saturated heterocycles. The molecule has 3 atom stereocenters. The van der Waals surface area contributed by atoms with Crippen LogP contribution in [0.4, 0.5) is 0 Å². The Hall–Kier alpha value is -0.200. The molecule has 0 saturated carbocycles. The Labute approximate surface area is 129 Å². The lowest BCUT2D eigenvalue weighted by Gasteiger charge is -2.44. The predicted octanol–water partition coefficient (Wildman–Crippen LogP) is 0.863. The van der Waals surface area contributed by atoms with Crippen LogP contribution in [0.5, 0.6) is 0 Å². The van der Waals surface area contributed by atoms with Crippen LogP contribution < -0.4 is 5.32 Å². The molecule has 3 unspecified atom stereocenters. The minimum absolute atomic E-state index is 0.0478. The van der Waals surface area contributed by atoms with Gasteiger partial charge in [0.15, 0.2) is 0 Å². The highest BCUT2D eigenvalue weighted by Crippen LogP contribution is 2.30. The normalized spacial score (nSPS) is 35.3. The SMILES string of the molecule is CC(C)NCC1(CN2CC(C)OC(CO)C2)CCCOC1. The van der Waals surface area contributed by atoms with Crippen LogP contribution in [-0.2, 0) is 9.47 Å². The number of rotatable bonds is 6. The van der Waals surface area contributed by atoms with Crippen LogP contribution in [0.3, 0.4) is 0 Å². The van der Waals surface area contributed by atoms with E-state index in [1.54, 1.807) is 0 Å². The fourth-order valence-corrected chi connectivity index (χ4v) is 3.50. The lowest BCUT2D eigenvalue weighted by atomic mass is 9.81. The molecule has 0 radical (unpaired) electrons. The Bertz CT molecular complexity index is 306. The zero-order valence-corrected chi connectivity index (χ0v) is 13.8. The van der Waals surface area contributed by atoms with Gasteiger partial charge in [-0.3, -0.25) is 4.90 Å². The first-order valence-electron chi connectivity index (χ1n) is 8.33. The summed E-state index contributed by atoms with van der Waals surface area (Å²) in [5.41, 5.74) is 0.194. The van der Waals surface area contributed by atoms with E-state index in [2.05, 4.69) is 31.0 Å². The molecule has 0 aromatic heterocycles. The second-order valence-electron chi connectivity index (χ2n) is 7.14. The Balaban J connectivity index is 1.96. The Kier molecular flexibility index (Phi) is 6.44. The molecular formula is C16H32N2O3. The van der Waals surface area contributed by atoms with Gasteiger partial charge in [-0.2, -0.15) is 0 Å². The van der Waals surface area contributed by atoms with Gasteiger partial charge in [-0.1, -0.05) is 13.8 Å². The van der Waals surface area contributed by atoms with Crippen molar-refractivity contribution < 1.29 is 14.6 Å². The Morgan fingerprint density at radius 1 is 1.38 bits per heavy atom. The molecule has 2 aliphatic heterocycles. The third-order valence-corrected chi connectivity index (χ3v) is 4.45. The van der Waals surface area contributed by atoms with Gasteiger partial charge in [0.1, 0.15) is 0 Å². The van der Waals surface area contributed by atoms with E-state index in [4.69, 9.17) is 9.47 Å². The quantitative estimate of drug-likeness (QED) is 0.762. The second kappa shape index (κ2) is 7.88. The zero-order chi connectivity index (χ0) is 15.3. The third kappa shape index (κ3) is 5.18. The Morgan fingerprint density at radius 2 is 2.19 bits per heavy atom. The summed E-state index contributed by atoms with van der Waals surface area (Å²) < 4.78 is 11.5. The van der Waals surface area contributed by atoms with Gasteiger partial charge in [-0.05, 0) is 19.8 Å². The first kappa shape index (κ1) is 17.2. The van der Waals surface area contributed by atoms with Crippen LogP contribution in [0, 0.1) is 5.41 Å². The fourth-order valence-electron chi connectivity index (χ4n) is 3.50. The average Bonchev–Trinajstić information content (AvgIpc) is 2.45.